The Morgan fingerprint density at radius 3 is 2.89 bits per heavy atom. The Morgan fingerprint density at radius 2 is 2.05 bits per heavy atom. The van der Waals surface area contributed by atoms with Crippen LogP contribution in [0.5, 0.6) is 11.6 Å². The number of amides is 1. The normalized spacial score (nSPS) is 13.6. The summed E-state index contributed by atoms with van der Waals surface area (Å²) in [7, 11) is 0. The van der Waals surface area contributed by atoms with E-state index in [9.17, 15) is 4.79 Å². The summed E-state index contributed by atoms with van der Waals surface area (Å²) in [6.45, 7) is 0. The van der Waals surface area contributed by atoms with Crippen molar-refractivity contribution in [3.63, 3.8) is 0 Å². The molecule has 0 atom stereocenters. The Kier molecular flexibility index (Phi) is 2.75. The fraction of sp³-hybridized carbons (Fsp3) is 0.154. The molecule has 1 aromatic heterocycles. The second-order valence-electron chi connectivity index (χ2n) is 4.22. The number of aryl methyl sites for hydroxylation is 1. The van der Waals surface area contributed by atoms with Gasteiger partial charge in [0.25, 0.3) is 5.88 Å². The Morgan fingerprint density at radius 1 is 1.21 bits per heavy atom. The van der Waals surface area contributed by atoms with E-state index in [0.29, 0.717) is 18.6 Å². The van der Waals surface area contributed by atoms with Crippen molar-refractivity contribution in [2.45, 2.75) is 12.8 Å². The molecule has 2 aromatic rings. The van der Waals surface area contributed by atoms with Gasteiger partial charge in [0.1, 0.15) is 5.75 Å². The number of carbonyl (C=O) groups excluding carboxylic acids is 1. The molecule has 1 amide bonds. The minimum absolute atomic E-state index is 0.0411. The van der Waals surface area contributed by atoms with E-state index < -0.39 is 0 Å². The molecule has 96 valence electrons. The van der Waals surface area contributed by atoms with Gasteiger partial charge in [-0.05, 0) is 30.2 Å². The predicted molar refractivity (Wildman–Crippen MR) is 69.9 cm³/mol. The number of rotatable bonds is 2. The average Bonchev–Trinajstić information content (AvgIpc) is 2.41. The van der Waals surface area contributed by atoms with Gasteiger partial charge in [-0.1, -0.05) is 0 Å². The molecule has 0 aliphatic carbocycles. The van der Waals surface area contributed by atoms with Crippen LogP contribution in [0.1, 0.15) is 12.0 Å². The number of aromatic nitrogens is 2. The Bertz CT molecular complexity index is 642. The largest absolute Gasteiger partial charge is 0.436 e. The summed E-state index contributed by atoms with van der Waals surface area (Å²) < 4.78 is 5.59. The number of nitrogen functional groups attached to an aromatic ring is 1. The van der Waals surface area contributed by atoms with E-state index >= 15 is 0 Å². The van der Waals surface area contributed by atoms with Crippen LogP contribution in [0.2, 0.25) is 0 Å². The summed E-state index contributed by atoms with van der Waals surface area (Å²) in [5.41, 5.74) is 7.54. The number of ether oxygens (including phenoxy) is 1. The summed E-state index contributed by atoms with van der Waals surface area (Å²) in [4.78, 5) is 19.2. The minimum atomic E-state index is 0.0411. The molecular weight excluding hydrogens is 244 g/mol. The molecule has 0 radical (unpaired) electrons. The molecule has 0 bridgehead atoms. The topological polar surface area (TPSA) is 90.1 Å². The van der Waals surface area contributed by atoms with Crippen LogP contribution < -0.4 is 15.8 Å². The van der Waals surface area contributed by atoms with Crippen molar-refractivity contribution in [1.29, 1.82) is 0 Å². The predicted octanol–water partition coefficient (Wildman–Crippen LogP) is 1.74. The van der Waals surface area contributed by atoms with Crippen LogP contribution in [0.25, 0.3) is 0 Å². The first-order valence-electron chi connectivity index (χ1n) is 5.89. The van der Waals surface area contributed by atoms with Gasteiger partial charge in [-0.25, -0.2) is 9.97 Å². The number of nitrogens with two attached hydrogens (primary N) is 1. The van der Waals surface area contributed by atoms with Crippen molar-refractivity contribution < 1.29 is 9.53 Å². The fourth-order valence-corrected chi connectivity index (χ4v) is 1.95. The van der Waals surface area contributed by atoms with E-state index in [1.54, 1.807) is 6.07 Å². The lowest BCUT2D eigenvalue weighted by molar-refractivity contribution is -0.116. The first-order valence-corrected chi connectivity index (χ1v) is 5.89. The fourth-order valence-electron chi connectivity index (χ4n) is 1.95. The van der Waals surface area contributed by atoms with Gasteiger partial charge in [0, 0.05) is 24.5 Å². The first-order chi connectivity index (χ1) is 9.22. The van der Waals surface area contributed by atoms with Crippen LogP contribution in [-0.4, -0.2) is 15.9 Å². The second kappa shape index (κ2) is 4.56. The lowest BCUT2D eigenvalue weighted by Gasteiger charge is -2.17. The van der Waals surface area contributed by atoms with Gasteiger partial charge in [-0.15, -0.1) is 0 Å². The molecule has 1 aliphatic heterocycles. The maximum atomic E-state index is 11.3. The van der Waals surface area contributed by atoms with Gasteiger partial charge in [0.15, 0.2) is 5.82 Å². The van der Waals surface area contributed by atoms with Gasteiger partial charge in [0.05, 0.1) is 0 Å². The third-order valence-electron chi connectivity index (χ3n) is 2.88. The van der Waals surface area contributed by atoms with Crippen LogP contribution in [0, 0.1) is 0 Å². The maximum absolute atomic E-state index is 11.3. The molecule has 0 saturated carbocycles. The zero-order valence-corrected chi connectivity index (χ0v) is 10.1. The van der Waals surface area contributed by atoms with Crippen LogP contribution in [-0.2, 0) is 11.2 Å². The number of benzene rings is 1. The van der Waals surface area contributed by atoms with E-state index in [1.165, 1.54) is 12.4 Å². The standard InChI is InChI=1S/C13H12N4O2/c14-12-13(16-6-5-15-12)19-9-2-3-10-8(7-9)1-4-11(18)17-10/h2-3,5-7H,1,4H2,(H2,14,15)(H,17,18). The molecule has 2 heterocycles. The van der Waals surface area contributed by atoms with Gasteiger partial charge < -0.3 is 15.8 Å². The lowest BCUT2D eigenvalue weighted by Crippen LogP contribution is -2.18. The minimum Gasteiger partial charge on any atom is -0.436 e. The summed E-state index contributed by atoms with van der Waals surface area (Å²) in [6.07, 6.45) is 4.22. The molecule has 3 N–H and O–H groups in total. The molecule has 0 spiro atoms. The number of nitrogens with zero attached hydrogens (tertiary/aromatic N) is 2. The number of hydrogen-bond acceptors (Lipinski definition) is 5. The third kappa shape index (κ3) is 2.33. The van der Waals surface area contributed by atoms with Crippen LogP contribution in [0.15, 0.2) is 30.6 Å². The second-order valence-corrected chi connectivity index (χ2v) is 4.22. The number of carbonyl (C=O) groups is 1. The highest BCUT2D eigenvalue weighted by Crippen LogP contribution is 2.29. The molecule has 6 nitrogen and oxygen atoms in total. The van der Waals surface area contributed by atoms with Crippen molar-refractivity contribution in [1.82, 2.24) is 9.97 Å². The molecule has 19 heavy (non-hydrogen) atoms. The zero-order valence-electron chi connectivity index (χ0n) is 10.1. The van der Waals surface area contributed by atoms with Crippen molar-refractivity contribution >= 4 is 17.4 Å². The molecule has 0 saturated heterocycles. The molecule has 1 aromatic carbocycles. The van der Waals surface area contributed by atoms with E-state index in [1.807, 2.05) is 12.1 Å². The van der Waals surface area contributed by atoms with Crippen LogP contribution >= 0.6 is 0 Å². The Balaban J connectivity index is 1.87. The number of fused-ring (bicyclic) bond motifs is 1. The number of anilines is 2. The lowest BCUT2D eigenvalue weighted by atomic mass is 10.0. The van der Waals surface area contributed by atoms with Crippen molar-refractivity contribution in [3.05, 3.63) is 36.2 Å². The van der Waals surface area contributed by atoms with Gasteiger partial charge in [-0.2, -0.15) is 0 Å². The number of nitrogens with one attached hydrogen (secondary N) is 1. The highest BCUT2D eigenvalue weighted by molar-refractivity contribution is 5.94. The van der Waals surface area contributed by atoms with Crippen LogP contribution in [0.3, 0.4) is 0 Å². The SMILES string of the molecule is Nc1nccnc1Oc1ccc2c(c1)CCC(=O)N2. The van der Waals surface area contributed by atoms with Crippen molar-refractivity contribution in [2.75, 3.05) is 11.1 Å². The molecule has 6 heteroatoms. The van der Waals surface area contributed by atoms with Crippen molar-refractivity contribution in [2.24, 2.45) is 0 Å². The highest BCUT2D eigenvalue weighted by atomic mass is 16.5. The summed E-state index contributed by atoms with van der Waals surface area (Å²) in [5, 5.41) is 2.82. The van der Waals surface area contributed by atoms with E-state index in [-0.39, 0.29) is 17.6 Å². The Hall–Kier alpha value is -2.63. The molecular formula is C13H12N4O2. The molecule has 3 rings (SSSR count). The maximum Gasteiger partial charge on any atom is 0.262 e. The summed E-state index contributed by atoms with van der Waals surface area (Å²) in [6, 6.07) is 5.45. The van der Waals surface area contributed by atoms with Crippen LogP contribution in [0.4, 0.5) is 11.5 Å². The Labute approximate surface area is 109 Å². The molecule has 0 fully saturated rings. The highest BCUT2D eigenvalue weighted by Gasteiger charge is 2.15. The molecule has 0 unspecified atom stereocenters. The smallest absolute Gasteiger partial charge is 0.262 e. The third-order valence-corrected chi connectivity index (χ3v) is 2.88. The summed E-state index contributed by atoms with van der Waals surface area (Å²) >= 11 is 0. The van der Waals surface area contributed by atoms with Crippen molar-refractivity contribution in [3.8, 4) is 11.6 Å². The van der Waals surface area contributed by atoms with E-state index in [4.69, 9.17) is 10.5 Å². The monoisotopic (exact) mass is 256 g/mol. The summed E-state index contributed by atoms with van der Waals surface area (Å²) in [5.74, 6) is 1.19. The van der Waals surface area contributed by atoms with Gasteiger partial charge in [0.2, 0.25) is 5.91 Å². The van der Waals surface area contributed by atoms with Gasteiger partial charge >= 0.3 is 0 Å². The van der Waals surface area contributed by atoms with E-state index in [0.717, 1.165) is 11.3 Å². The van der Waals surface area contributed by atoms with Gasteiger partial charge in [-0.3, -0.25) is 4.79 Å². The molecule has 1 aliphatic rings. The number of hydrogen-bond donors (Lipinski definition) is 2. The average molecular weight is 256 g/mol. The zero-order chi connectivity index (χ0) is 13.2. The quantitative estimate of drug-likeness (QED) is 0.854. The first kappa shape index (κ1) is 11.5. The van der Waals surface area contributed by atoms with E-state index in [2.05, 4.69) is 15.3 Å².